The lowest BCUT2D eigenvalue weighted by molar-refractivity contribution is 0.662. The van der Waals surface area contributed by atoms with E-state index in [9.17, 15) is 0 Å². The maximum Gasteiger partial charge on any atom is 0.126 e. The Bertz CT molecular complexity index is 350. The third kappa shape index (κ3) is 2.39. The highest BCUT2D eigenvalue weighted by molar-refractivity contribution is 5.39. The fourth-order valence-electron chi connectivity index (χ4n) is 2.20. The first-order chi connectivity index (χ1) is 7.74. The van der Waals surface area contributed by atoms with Crippen molar-refractivity contribution >= 4 is 5.82 Å². The molecule has 0 bridgehead atoms. The minimum absolute atomic E-state index is 0.691. The highest BCUT2D eigenvalue weighted by Gasteiger charge is 2.29. The lowest BCUT2D eigenvalue weighted by atomic mass is 10.1. The molecule has 0 aromatic carbocycles. The van der Waals surface area contributed by atoms with Crippen LogP contribution in [0.4, 0.5) is 5.82 Å². The summed E-state index contributed by atoms with van der Waals surface area (Å²) in [5.41, 5.74) is 7.21. The average Bonchev–Trinajstić information content (AvgIpc) is 3.07. The predicted octanol–water partition coefficient (Wildman–Crippen LogP) is 3.00. The van der Waals surface area contributed by atoms with Crippen molar-refractivity contribution < 1.29 is 0 Å². The maximum absolute atomic E-state index is 6.08. The monoisotopic (exact) mass is 221 g/mol. The number of nitrogens with two attached hydrogens (primary N) is 1. The molecule has 3 nitrogen and oxygen atoms in total. The molecule has 0 amide bonds. The molecule has 0 unspecified atom stereocenters. The molecule has 1 aromatic rings. The van der Waals surface area contributed by atoms with E-state index in [-0.39, 0.29) is 0 Å². The molecule has 2 N–H and O–H groups in total. The Balaban J connectivity index is 1.95. The van der Waals surface area contributed by atoms with Gasteiger partial charge in [-0.15, -0.1) is 0 Å². The second kappa shape index (κ2) is 4.89. The van der Waals surface area contributed by atoms with E-state index in [1.165, 1.54) is 44.3 Å². The summed E-state index contributed by atoms with van der Waals surface area (Å²) in [4.78, 5) is 4.71. The molecule has 0 spiro atoms. The maximum atomic E-state index is 6.08. The van der Waals surface area contributed by atoms with E-state index < -0.39 is 0 Å². The Labute approximate surface area is 98.1 Å². The Morgan fingerprint density at radius 2 is 2.06 bits per heavy atom. The van der Waals surface area contributed by atoms with E-state index in [0.717, 1.165) is 17.9 Å². The van der Waals surface area contributed by atoms with Crippen molar-refractivity contribution in [1.29, 1.82) is 0 Å². The third-order valence-corrected chi connectivity index (χ3v) is 3.46. The molecule has 1 fully saturated rings. The van der Waals surface area contributed by atoms with Gasteiger partial charge < -0.3 is 10.3 Å². The van der Waals surface area contributed by atoms with E-state index in [1.807, 2.05) is 7.05 Å². The van der Waals surface area contributed by atoms with E-state index >= 15 is 0 Å². The van der Waals surface area contributed by atoms with Crippen LogP contribution in [0.3, 0.4) is 0 Å². The van der Waals surface area contributed by atoms with Crippen LogP contribution < -0.4 is 5.73 Å². The minimum Gasteiger partial charge on any atom is -0.384 e. The van der Waals surface area contributed by atoms with Gasteiger partial charge in [-0.05, 0) is 25.7 Å². The summed E-state index contributed by atoms with van der Waals surface area (Å²) >= 11 is 0. The standard InChI is InChI=1S/C13H23N3/c1-3-4-5-6-7-11-12(14)16(2)13(15-11)10-8-9-10/h10H,3-9,14H2,1-2H3. The molecule has 0 atom stereocenters. The van der Waals surface area contributed by atoms with Crippen LogP contribution in [0.1, 0.15) is 62.9 Å². The van der Waals surface area contributed by atoms with Gasteiger partial charge in [-0.1, -0.05) is 26.2 Å². The van der Waals surface area contributed by atoms with Gasteiger partial charge >= 0.3 is 0 Å². The molecule has 0 saturated heterocycles. The summed E-state index contributed by atoms with van der Waals surface area (Å²) in [6, 6.07) is 0. The number of unbranched alkanes of at least 4 members (excludes halogenated alkanes) is 3. The Hall–Kier alpha value is -0.990. The molecule has 1 aromatic heterocycles. The molecule has 1 aliphatic rings. The molecule has 3 heteroatoms. The number of aromatic nitrogens is 2. The Morgan fingerprint density at radius 1 is 1.31 bits per heavy atom. The number of rotatable bonds is 6. The zero-order chi connectivity index (χ0) is 11.5. The van der Waals surface area contributed by atoms with Gasteiger partial charge in [0, 0.05) is 13.0 Å². The van der Waals surface area contributed by atoms with Gasteiger partial charge in [0.2, 0.25) is 0 Å². The van der Waals surface area contributed by atoms with Crippen LogP contribution in [0.5, 0.6) is 0 Å². The molecule has 1 saturated carbocycles. The van der Waals surface area contributed by atoms with Gasteiger partial charge in [0.1, 0.15) is 11.6 Å². The number of aryl methyl sites for hydroxylation is 1. The number of hydrogen-bond acceptors (Lipinski definition) is 2. The van der Waals surface area contributed by atoms with Gasteiger partial charge in [0.25, 0.3) is 0 Å². The van der Waals surface area contributed by atoms with E-state index in [0.29, 0.717) is 5.92 Å². The van der Waals surface area contributed by atoms with Gasteiger partial charge in [0.15, 0.2) is 0 Å². The van der Waals surface area contributed by atoms with Crippen LogP contribution in [0.25, 0.3) is 0 Å². The summed E-state index contributed by atoms with van der Waals surface area (Å²) < 4.78 is 2.09. The first-order valence-electron chi connectivity index (χ1n) is 6.55. The lowest BCUT2D eigenvalue weighted by Gasteiger charge is -2.00. The summed E-state index contributed by atoms with van der Waals surface area (Å²) in [5, 5.41) is 0. The molecule has 2 rings (SSSR count). The molecule has 1 aliphatic carbocycles. The molecule has 1 heterocycles. The smallest absolute Gasteiger partial charge is 0.126 e. The second-order valence-electron chi connectivity index (χ2n) is 4.95. The van der Waals surface area contributed by atoms with Gasteiger partial charge in [-0.3, -0.25) is 0 Å². The number of imidazole rings is 1. The SMILES string of the molecule is CCCCCCc1nc(C2CC2)n(C)c1N. The predicted molar refractivity (Wildman–Crippen MR) is 67.4 cm³/mol. The van der Waals surface area contributed by atoms with Gasteiger partial charge in [-0.2, -0.15) is 0 Å². The quantitative estimate of drug-likeness (QED) is 0.750. The minimum atomic E-state index is 0.691. The van der Waals surface area contributed by atoms with Gasteiger partial charge in [0.05, 0.1) is 5.69 Å². The number of nitrogens with zero attached hydrogens (tertiary/aromatic N) is 2. The third-order valence-electron chi connectivity index (χ3n) is 3.46. The van der Waals surface area contributed by atoms with Crippen molar-refractivity contribution in [3.05, 3.63) is 11.5 Å². The molecule has 16 heavy (non-hydrogen) atoms. The fraction of sp³-hybridized carbons (Fsp3) is 0.769. The van der Waals surface area contributed by atoms with Crippen molar-refractivity contribution in [3.8, 4) is 0 Å². The highest BCUT2D eigenvalue weighted by atomic mass is 15.1. The second-order valence-corrected chi connectivity index (χ2v) is 4.95. The van der Waals surface area contributed by atoms with Crippen molar-refractivity contribution in [3.63, 3.8) is 0 Å². The fourth-order valence-corrected chi connectivity index (χ4v) is 2.20. The van der Waals surface area contributed by atoms with E-state index in [4.69, 9.17) is 10.7 Å². The summed E-state index contributed by atoms with van der Waals surface area (Å²) in [7, 11) is 2.05. The molecular formula is C13H23N3. The number of nitrogen functional groups attached to an aromatic ring is 1. The summed E-state index contributed by atoms with van der Waals surface area (Å²) in [6.45, 7) is 2.24. The molecule has 0 radical (unpaired) electrons. The van der Waals surface area contributed by atoms with Crippen LogP contribution in [0, 0.1) is 0 Å². The molecule has 90 valence electrons. The van der Waals surface area contributed by atoms with Crippen LogP contribution >= 0.6 is 0 Å². The largest absolute Gasteiger partial charge is 0.384 e. The number of hydrogen-bond donors (Lipinski definition) is 1. The van der Waals surface area contributed by atoms with Crippen molar-refractivity contribution in [2.24, 2.45) is 7.05 Å². The highest BCUT2D eigenvalue weighted by Crippen LogP contribution is 2.40. The van der Waals surface area contributed by atoms with Crippen molar-refractivity contribution in [2.45, 2.75) is 57.8 Å². The first kappa shape index (κ1) is 11.5. The van der Waals surface area contributed by atoms with Crippen LogP contribution in [-0.2, 0) is 13.5 Å². The van der Waals surface area contributed by atoms with Gasteiger partial charge in [-0.25, -0.2) is 4.98 Å². The Kier molecular flexibility index (Phi) is 3.52. The number of anilines is 1. The van der Waals surface area contributed by atoms with Crippen LogP contribution in [0.15, 0.2) is 0 Å². The molecular weight excluding hydrogens is 198 g/mol. The van der Waals surface area contributed by atoms with Crippen molar-refractivity contribution in [2.75, 3.05) is 5.73 Å². The summed E-state index contributed by atoms with van der Waals surface area (Å²) in [5.74, 6) is 2.79. The summed E-state index contributed by atoms with van der Waals surface area (Å²) in [6.07, 6.45) is 8.75. The van der Waals surface area contributed by atoms with E-state index in [1.54, 1.807) is 0 Å². The van der Waals surface area contributed by atoms with Crippen molar-refractivity contribution in [1.82, 2.24) is 9.55 Å². The first-order valence-corrected chi connectivity index (χ1v) is 6.55. The van der Waals surface area contributed by atoms with E-state index in [2.05, 4.69) is 11.5 Å². The Morgan fingerprint density at radius 3 is 2.69 bits per heavy atom. The lowest BCUT2D eigenvalue weighted by Crippen LogP contribution is -2.01. The zero-order valence-corrected chi connectivity index (χ0v) is 10.5. The van der Waals surface area contributed by atoms with Crippen LogP contribution in [0.2, 0.25) is 0 Å². The topological polar surface area (TPSA) is 43.8 Å². The normalized spacial score (nSPS) is 15.6. The zero-order valence-electron chi connectivity index (χ0n) is 10.5. The van der Waals surface area contributed by atoms with Crippen LogP contribution in [-0.4, -0.2) is 9.55 Å². The average molecular weight is 221 g/mol. The molecule has 0 aliphatic heterocycles.